The number of carbonyl (C=O) groups is 2. The van der Waals surface area contributed by atoms with Crippen LogP contribution >= 0.6 is 0 Å². The molecule has 98 valence electrons. The summed E-state index contributed by atoms with van der Waals surface area (Å²) >= 11 is 0. The van der Waals surface area contributed by atoms with Gasteiger partial charge in [0.2, 0.25) is 5.91 Å². The molecule has 4 nitrogen and oxygen atoms in total. The van der Waals surface area contributed by atoms with Crippen molar-refractivity contribution in [2.24, 2.45) is 5.41 Å². The van der Waals surface area contributed by atoms with Crippen LogP contribution in [0.25, 0.3) is 0 Å². The molecule has 18 heavy (non-hydrogen) atoms. The zero-order valence-electron chi connectivity index (χ0n) is 11.6. The fourth-order valence-electron chi connectivity index (χ4n) is 1.27. The van der Waals surface area contributed by atoms with Crippen molar-refractivity contribution in [2.45, 2.75) is 20.8 Å². The van der Waals surface area contributed by atoms with E-state index in [1.165, 1.54) is 4.90 Å². The number of anilines is 1. The fraction of sp³-hybridized carbons (Fsp3) is 0.429. The molecule has 2 amide bonds. The highest BCUT2D eigenvalue weighted by atomic mass is 16.2. The van der Waals surface area contributed by atoms with E-state index in [0.29, 0.717) is 11.3 Å². The molecule has 1 rings (SSSR count). The van der Waals surface area contributed by atoms with Gasteiger partial charge in [-0.05, 0) is 24.3 Å². The van der Waals surface area contributed by atoms with E-state index in [2.05, 4.69) is 5.32 Å². The van der Waals surface area contributed by atoms with Gasteiger partial charge in [-0.15, -0.1) is 0 Å². The largest absolute Gasteiger partial charge is 0.345 e. The third kappa shape index (κ3) is 3.58. The summed E-state index contributed by atoms with van der Waals surface area (Å²) in [4.78, 5) is 25.0. The third-order valence-electron chi connectivity index (χ3n) is 2.48. The zero-order chi connectivity index (χ0) is 13.9. The van der Waals surface area contributed by atoms with Crippen molar-refractivity contribution in [2.75, 3.05) is 19.4 Å². The number of hydrogen-bond donors (Lipinski definition) is 1. The minimum atomic E-state index is -0.432. The predicted octanol–water partition coefficient (Wildman–Crippen LogP) is 2.37. The molecule has 0 heterocycles. The van der Waals surface area contributed by atoms with Gasteiger partial charge in [0.1, 0.15) is 0 Å². The van der Waals surface area contributed by atoms with E-state index in [-0.39, 0.29) is 11.8 Å². The molecule has 0 aliphatic heterocycles. The van der Waals surface area contributed by atoms with E-state index < -0.39 is 5.41 Å². The lowest BCUT2D eigenvalue weighted by atomic mass is 9.95. The van der Waals surface area contributed by atoms with E-state index in [9.17, 15) is 9.59 Å². The monoisotopic (exact) mass is 248 g/mol. The van der Waals surface area contributed by atoms with Crippen LogP contribution in [0.2, 0.25) is 0 Å². The van der Waals surface area contributed by atoms with Gasteiger partial charge in [0.25, 0.3) is 5.91 Å². The Morgan fingerprint density at radius 1 is 1.06 bits per heavy atom. The molecule has 0 saturated heterocycles. The highest BCUT2D eigenvalue weighted by molar-refractivity contribution is 5.96. The molecule has 0 radical (unpaired) electrons. The molecule has 1 aromatic carbocycles. The number of amides is 2. The van der Waals surface area contributed by atoms with Gasteiger partial charge in [-0.2, -0.15) is 0 Å². The van der Waals surface area contributed by atoms with Gasteiger partial charge >= 0.3 is 0 Å². The van der Waals surface area contributed by atoms with Crippen LogP contribution in [0.15, 0.2) is 24.3 Å². The Hall–Kier alpha value is -1.84. The van der Waals surface area contributed by atoms with Gasteiger partial charge in [0, 0.05) is 30.8 Å². The van der Waals surface area contributed by atoms with Crippen LogP contribution in [0.5, 0.6) is 0 Å². The fourth-order valence-corrected chi connectivity index (χ4v) is 1.27. The zero-order valence-corrected chi connectivity index (χ0v) is 11.6. The summed E-state index contributed by atoms with van der Waals surface area (Å²) < 4.78 is 0. The second-order valence-electron chi connectivity index (χ2n) is 5.48. The number of nitrogens with zero attached hydrogens (tertiary/aromatic N) is 1. The highest BCUT2D eigenvalue weighted by Gasteiger charge is 2.21. The van der Waals surface area contributed by atoms with Crippen LogP contribution in [-0.2, 0) is 4.79 Å². The van der Waals surface area contributed by atoms with Crippen molar-refractivity contribution in [1.82, 2.24) is 4.90 Å². The molecule has 4 heteroatoms. The molecule has 1 N–H and O–H groups in total. The van der Waals surface area contributed by atoms with E-state index >= 15 is 0 Å². The van der Waals surface area contributed by atoms with Crippen LogP contribution in [0.1, 0.15) is 31.1 Å². The van der Waals surface area contributed by atoms with E-state index in [1.807, 2.05) is 20.8 Å². The molecule has 0 atom stereocenters. The number of benzene rings is 1. The first-order chi connectivity index (χ1) is 8.21. The first kappa shape index (κ1) is 14.2. The normalized spacial score (nSPS) is 10.9. The number of carbonyl (C=O) groups excluding carboxylic acids is 2. The molecule has 0 fully saturated rings. The van der Waals surface area contributed by atoms with Crippen LogP contribution in [0.4, 0.5) is 5.69 Å². The molecule has 0 bridgehead atoms. The number of hydrogen-bond acceptors (Lipinski definition) is 2. The minimum absolute atomic E-state index is 0.0470. The molecular weight excluding hydrogens is 228 g/mol. The van der Waals surface area contributed by atoms with Crippen molar-refractivity contribution in [3.63, 3.8) is 0 Å². The van der Waals surface area contributed by atoms with Crippen LogP contribution < -0.4 is 5.32 Å². The van der Waals surface area contributed by atoms with Crippen LogP contribution in [0, 0.1) is 5.41 Å². The summed E-state index contributed by atoms with van der Waals surface area (Å²) in [6.45, 7) is 5.56. The van der Waals surface area contributed by atoms with Gasteiger partial charge in [-0.25, -0.2) is 0 Å². The van der Waals surface area contributed by atoms with Crippen molar-refractivity contribution >= 4 is 17.5 Å². The third-order valence-corrected chi connectivity index (χ3v) is 2.48. The van der Waals surface area contributed by atoms with Gasteiger partial charge in [0.05, 0.1) is 0 Å². The molecule has 1 aromatic rings. The molecule has 0 unspecified atom stereocenters. The maximum absolute atomic E-state index is 11.8. The Kier molecular flexibility index (Phi) is 4.11. The quantitative estimate of drug-likeness (QED) is 0.873. The Bertz CT molecular complexity index is 442. The second kappa shape index (κ2) is 5.21. The van der Waals surface area contributed by atoms with E-state index in [0.717, 1.165) is 0 Å². The first-order valence-corrected chi connectivity index (χ1v) is 5.85. The SMILES string of the molecule is CN(C)C(=O)c1ccc(NC(=O)C(C)(C)C)cc1. The topological polar surface area (TPSA) is 49.4 Å². The summed E-state index contributed by atoms with van der Waals surface area (Å²) in [5, 5.41) is 2.81. The van der Waals surface area contributed by atoms with Gasteiger partial charge in [-0.1, -0.05) is 20.8 Å². The van der Waals surface area contributed by atoms with Crippen molar-refractivity contribution < 1.29 is 9.59 Å². The summed E-state index contributed by atoms with van der Waals surface area (Å²) in [7, 11) is 3.41. The lowest BCUT2D eigenvalue weighted by Gasteiger charge is -2.18. The summed E-state index contributed by atoms with van der Waals surface area (Å²) in [5.41, 5.74) is 0.872. The lowest BCUT2D eigenvalue weighted by Crippen LogP contribution is -2.27. The van der Waals surface area contributed by atoms with Gasteiger partial charge in [0.15, 0.2) is 0 Å². The standard InChI is InChI=1S/C14H20N2O2/c1-14(2,3)13(18)15-11-8-6-10(7-9-11)12(17)16(4)5/h6-9H,1-5H3,(H,15,18). The van der Waals surface area contributed by atoms with Crippen LogP contribution in [0.3, 0.4) is 0 Å². The van der Waals surface area contributed by atoms with E-state index in [4.69, 9.17) is 0 Å². The summed E-state index contributed by atoms with van der Waals surface area (Å²) in [6.07, 6.45) is 0. The van der Waals surface area contributed by atoms with Gasteiger partial charge in [-0.3, -0.25) is 9.59 Å². The Balaban J connectivity index is 2.78. The van der Waals surface area contributed by atoms with Crippen LogP contribution in [-0.4, -0.2) is 30.8 Å². The van der Waals surface area contributed by atoms with Crippen molar-refractivity contribution in [3.05, 3.63) is 29.8 Å². The molecule has 0 aliphatic carbocycles. The van der Waals surface area contributed by atoms with Crippen molar-refractivity contribution in [3.8, 4) is 0 Å². The minimum Gasteiger partial charge on any atom is -0.345 e. The Morgan fingerprint density at radius 2 is 1.56 bits per heavy atom. The Morgan fingerprint density at radius 3 is 1.94 bits per heavy atom. The number of rotatable bonds is 2. The molecule has 0 aromatic heterocycles. The smallest absolute Gasteiger partial charge is 0.253 e. The molecule has 0 spiro atoms. The van der Waals surface area contributed by atoms with Crippen molar-refractivity contribution in [1.29, 1.82) is 0 Å². The summed E-state index contributed by atoms with van der Waals surface area (Å²) in [6, 6.07) is 6.89. The molecular formula is C14H20N2O2. The average molecular weight is 248 g/mol. The van der Waals surface area contributed by atoms with Gasteiger partial charge < -0.3 is 10.2 Å². The molecule has 0 aliphatic rings. The Labute approximate surface area is 108 Å². The first-order valence-electron chi connectivity index (χ1n) is 5.85. The predicted molar refractivity (Wildman–Crippen MR) is 72.5 cm³/mol. The maximum Gasteiger partial charge on any atom is 0.253 e. The summed E-state index contributed by atoms with van der Waals surface area (Å²) in [5.74, 6) is -0.0992. The second-order valence-corrected chi connectivity index (χ2v) is 5.48. The molecule has 0 saturated carbocycles. The van der Waals surface area contributed by atoms with E-state index in [1.54, 1.807) is 38.4 Å². The lowest BCUT2D eigenvalue weighted by molar-refractivity contribution is -0.123. The average Bonchev–Trinajstić information content (AvgIpc) is 2.27. The highest BCUT2D eigenvalue weighted by Crippen LogP contribution is 2.17. The maximum atomic E-state index is 11.8. The number of nitrogens with one attached hydrogen (secondary N) is 1.